The van der Waals surface area contributed by atoms with Gasteiger partial charge in [0.2, 0.25) is 0 Å². The number of alkyl halides is 3. The number of pyridine rings is 1. The van der Waals surface area contributed by atoms with Gasteiger partial charge in [0, 0.05) is 49.4 Å². The summed E-state index contributed by atoms with van der Waals surface area (Å²) in [7, 11) is 1.90. The van der Waals surface area contributed by atoms with Crippen molar-refractivity contribution in [2.45, 2.75) is 44.5 Å². The topological polar surface area (TPSA) is 72.3 Å². The van der Waals surface area contributed by atoms with Gasteiger partial charge < -0.3 is 19.5 Å². The highest BCUT2D eigenvalue weighted by atomic mass is 19.4. The molecule has 0 aliphatic carbocycles. The number of benzene rings is 3. The number of likely N-dealkylation sites (tertiary alicyclic amines) is 1. The van der Waals surface area contributed by atoms with Crippen LogP contribution >= 0.6 is 0 Å². The standard InChI is InChI=1S/C37H36F3N5O2/c1-25(27-12-7-4-8-13-27)42-32-23-30(16-19-41-32)34-33(29-14-9-15-31(22-29)37(38,39)40)43-35(44(34)2)28-17-20-45(21-18-28)36(46)47-24-26-10-5-3-6-11-26/h3-16,19,22-23,25,28H,17-18,20-21,24H2,1-2H3,(H,41,42). The number of aromatic nitrogens is 3. The van der Waals surface area contributed by atoms with Gasteiger partial charge in [-0.2, -0.15) is 13.2 Å². The highest BCUT2D eigenvalue weighted by molar-refractivity contribution is 5.80. The molecule has 47 heavy (non-hydrogen) atoms. The van der Waals surface area contributed by atoms with Crippen LogP contribution in [-0.2, 0) is 24.6 Å². The lowest BCUT2D eigenvalue weighted by Crippen LogP contribution is -2.38. The molecule has 0 radical (unpaired) electrons. The van der Waals surface area contributed by atoms with Gasteiger partial charge in [-0.1, -0.05) is 72.8 Å². The van der Waals surface area contributed by atoms with Crippen LogP contribution < -0.4 is 5.32 Å². The molecule has 1 aliphatic rings. The van der Waals surface area contributed by atoms with Gasteiger partial charge in [0.25, 0.3) is 0 Å². The van der Waals surface area contributed by atoms with E-state index in [1.807, 2.05) is 91.3 Å². The molecule has 242 valence electrons. The van der Waals surface area contributed by atoms with Crippen molar-refractivity contribution < 1.29 is 22.7 Å². The van der Waals surface area contributed by atoms with Crippen LogP contribution in [0.25, 0.3) is 22.5 Å². The van der Waals surface area contributed by atoms with Crippen LogP contribution in [0.1, 0.15) is 54.2 Å². The van der Waals surface area contributed by atoms with Gasteiger partial charge in [-0.25, -0.2) is 14.8 Å². The summed E-state index contributed by atoms with van der Waals surface area (Å²) in [6, 6.07) is 28.6. The number of halogens is 3. The molecule has 1 fully saturated rings. The Bertz CT molecular complexity index is 1820. The van der Waals surface area contributed by atoms with E-state index in [9.17, 15) is 18.0 Å². The van der Waals surface area contributed by atoms with Gasteiger partial charge in [-0.15, -0.1) is 0 Å². The van der Waals surface area contributed by atoms with Crippen LogP contribution in [0.15, 0.2) is 103 Å². The summed E-state index contributed by atoms with van der Waals surface area (Å²) >= 11 is 0. The van der Waals surface area contributed by atoms with E-state index >= 15 is 0 Å². The Morgan fingerprint density at radius 2 is 1.64 bits per heavy atom. The molecule has 3 heterocycles. The van der Waals surface area contributed by atoms with Crippen LogP contribution in [0.3, 0.4) is 0 Å². The first kappa shape index (κ1) is 31.8. The van der Waals surface area contributed by atoms with Crippen LogP contribution in [0.5, 0.6) is 0 Å². The first-order valence-electron chi connectivity index (χ1n) is 15.6. The van der Waals surface area contributed by atoms with Gasteiger partial charge in [0.1, 0.15) is 18.2 Å². The number of ether oxygens (including phenoxy) is 1. The quantitative estimate of drug-likeness (QED) is 0.184. The molecule has 3 aromatic carbocycles. The number of rotatable bonds is 8. The van der Waals surface area contributed by atoms with Crippen LogP contribution in [-0.4, -0.2) is 38.6 Å². The van der Waals surface area contributed by atoms with E-state index in [-0.39, 0.29) is 24.7 Å². The second kappa shape index (κ2) is 13.7. The Kier molecular flexibility index (Phi) is 9.29. The molecule has 1 amide bonds. The first-order valence-corrected chi connectivity index (χ1v) is 15.6. The van der Waals surface area contributed by atoms with Gasteiger partial charge in [0.05, 0.1) is 17.0 Å². The number of piperidine rings is 1. The molecular formula is C37H36F3N5O2. The van der Waals surface area contributed by atoms with E-state index < -0.39 is 11.7 Å². The fourth-order valence-corrected chi connectivity index (χ4v) is 6.09. The largest absolute Gasteiger partial charge is 0.445 e. The minimum atomic E-state index is -4.49. The lowest BCUT2D eigenvalue weighted by atomic mass is 9.96. The smallest absolute Gasteiger partial charge is 0.416 e. The Morgan fingerprint density at radius 3 is 2.34 bits per heavy atom. The predicted molar refractivity (Wildman–Crippen MR) is 176 cm³/mol. The summed E-state index contributed by atoms with van der Waals surface area (Å²) in [5.41, 5.74) is 3.60. The summed E-state index contributed by atoms with van der Waals surface area (Å²) in [5.74, 6) is 1.39. The van der Waals surface area contributed by atoms with Crippen molar-refractivity contribution in [3.8, 4) is 22.5 Å². The van der Waals surface area contributed by atoms with E-state index in [0.717, 1.165) is 34.6 Å². The molecule has 2 aromatic heterocycles. The van der Waals surface area contributed by atoms with E-state index in [1.54, 1.807) is 17.2 Å². The maximum Gasteiger partial charge on any atom is 0.416 e. The first-order chi connectivity index (χ1) is 22.7. The summed E-state index contributed by atoms with van der Waals surface area (Å²) in [4.78, 5) is 24.0. The maximum absolute atomic E-state index is 13.8. The zero-order valence-corrected chi connectivity index (χ0v) is 26.2. The Labute approximate surface area is 272 Å². The minimum absolute atomic E-state index is 0.00555. The van der Waals surface area contributed by atoms with Crippen molar-refractivity contribution in [2.75, 3.05) is 18.4 Å². The highest BCUT2D eigenvalue weighted by Crippen LogP contribution is 2.39. The molecule has 1 saturated heterocycles. The minimum Gasteiger partial charge on any atom is -0.445 e. The van der Waals surface area contributed by atoms with E-state index in [1.165, 1.54) is 6.07 Å². The van der Waals surface area contributed by atoms with Crippen LogP contribution in [0.4, 0.5) is 23.8 Å². The Balaban J connectivity index is 1.28. The number of nitrogens with zero attached hydrogens (tertiary/aromatic N) is 4. The third kappa shape index (κ3) is 7.32. The van der Waals surface area contributed by atoms with Gasteiger partial charge in [-0.3, -0.25) is 0 Å². The Hall–Kier alpha value is -5.12. The SMILES string of the molecule is CC(Nc1cc(-c2c(-c3cccc(C(F)(F)F)c3)nc(C3CCN(C(=O)OCc4ccccc4)CC3)n2C)ccn1)c1ccccc1. The van der Waals surface area contributed by atoms with Gasteiger partial charge in [-0.05, 0) is 55.2 Å². The molecule has 0 saturated carbocycles. The second-order valence-corrected chi connectivity index (χ2v) is 11.8. The molecule has 1 aliphatic heterocycles. The predicted octanol–water partition coefficient (Wildman–Crippen LogP) is 8.86. The summed E-state index contributed by atoms with van der Waals surface area (Å²) in [6.45, 7) is 3.22. The van der Waals surface area contributed by atoms with Crippen molar-refractivity contribution in [3.05, 3.63) is 126 Å². The number of hydrogen-bond acceptors (Lipinski definition) is 5. The molecule has 10 heteroatoms. The van der Waals surface area contributed by atoms with E-state index in [0.29, 0.717) is 48.7 Å². The molecular weight excluding hydrogens is 603 g/mol. The van der Waals surface area contributed by atoms with Crippen molar-refractivity contribution in [1.82, 2.24) is 19.4 Å². The van der Waals surface area contributed by atoms with Crippen molar-refractivity contribution in [3.63, 3.8) is 0 Å². The molecule has 5 aromatic rings. The number of anilines is 1. The zero-order chi connectivity index (χ0) is 33.0. The number of carbonyl (C=O) groups excluding carboxylic acids is 1. The Morgan fingerprint density at radius 1 is 0.936 bits per heavy atom. The molecule has 1 atom stereocenters. The number of imidazole rings is 1. The summed E-state index contributed by atoms with van der Waals surface area (Å²) in [6.07, 6.45) is -1.87. The van der Waals surface area contributed by atoms with Crippen LogP contribution in [0, 0.1) is 0 Å². The molecule has 1 unspecified atom stereocenters. The van der Waals surface area contributed by atoms with Crippen molar-refractivity contribution >= 4 is 11.9 Å². The normalized spacial score (nSPS) is 14.5. The lowest BCUT2D eigenvalue weighted by molar-refractivity contribution is -0.137. The van der Waals surface area contributed by atoms with Crippen molar-refractivity contribution in [1.29, 1.82) is 0 Å². The van der Waals surface area contributed by atoms with Crippen molar-refractivity contribution in [2.24, 2.45) is 7.05 Å². The third-order valence-corrected chi connectivity index (χ3v) is 8.61. The lowest BCUT2D eigenvalue weighted by Gasteiger charge is -2.31. The fraction of sp³-hybridized carbons (Fsp3) is 0.270. The van der Waals surface area contributed by atoms with Crippen LogP contribution in [0.2, 0.25) is 0 Å². The van der Waals surface area contributed by atoms with Gasteiger partial charge >= 0.3 is 12.3 Å². The number of nitrogens with one attached hydrogen (secondary N) is 1. The van der Waals surface area contributed by atoms with E-state index in [2.05, 4.69) is 10.3 Å². The van der Waals surface area contributed by atoms with Gasteiger partial charge in [0.15, 0.2) is 0 Å². The third-order valence-electron chi connectivity index (χ3n) is 8.61. The highest BCUT2D eigenvalue weighted by Gasteiger charge is 2.33. The molecule has 7 nitrogen and oxygen atoms in total. The number of amides is 1. The number of hydrogen-bond donors (Lipinski definition) is 1. The molecule has 6 rings (SSSR count). The molecule has 0 spiro atoms. The zero-order valence-electron chi connectivity index (χ0n) is 26.2. The maximum atomic E-state index is 13.8. The average molecular weight is 640 g/mol. The summed E-state index contributed by atoms with van der Waals surface area (Å²) < 4.78 is 48.8. The molecule has 1 N–H and O–H groups in total. The monoisotopic (exact) mass is 639 g/mol. The average Bonchev–Trinajstić information content (AvgIpc) is 3.44. The number of carbonyl (C=O) groups is 1. The second-order valence-electron chi connectivity index (χ2n) is 11.8. The summed E-state index contributed by atoms with van der Waals surface area (Å²) in [5, 5.41) is 3.44. The molecule has 0 bridgehead atoms. The van der Waals surface area contributed by atoms with E-state index in [4.69, 9.17) is 9.72 Å². The fourth-order valence-electron chi connectivity index (χ4n) is 6.09.